The second-order valence-corrected chi connectivity index (χ2v) is 11.3. The molecular formula is C39H31ClN2O6. The van der Waals surface area contributed by atoms with Crippen LogP contribution in [0.1, 0.15) is 45.5 Å². The van der Waals surface area contributed by atoms with Crippen molar-refractivity contribution >= 4 is 17.6 Å². The average molecular weight is 659 g/mol. The van der Waals surface area contributed by atoms with Gasteiger partial charge < -0.3 is 29.4 Å². The van der Waals surface area contributed by atoms with Gasteiger partial charge in [0, 0.05) is 16.7 Å². The molecule has 1 unspecified atom stereocenters. The molecule has 0 amide bonds. The molecule has 0 radical (unpaired) electrons. The molecule has 1 aliphatic rings. The summed E-state index contributed by atoms with van der Waals surface area (Å²) in [5.41, 5.74) is 10.3. The summed E-state index contributed by atoms with van der Waals surface area (Å²) in [6.07, 6.45) is 0. The lowest BCUT2D eigenvalue weighted by atomic mass is 9.83. The number of carbonyl (C=O) groups is 1. The van der Waals surface area contributed by atoms with E-state index in [2.05, 4.69) is 6.07 Å². The summed E-state index contributed by atoms with van der Waals surface area (Å²) in [7, 11) is 0. The van der Waals surface area contributed by atoms with Crippen LogP contribution in [0.15, 0.2) is 127 Å². The van der Waals surface area contributed by atoms with Crippen molar-refractivity contribution in [2.75, 3.05) is 6.61 Å². The van der Waals surface area contributed by atoms with Crippen molar-refractivity contribution in [2.24, 2.45) is 5.73 Å². The summed E-state index contributed by atoms with van der Waals surface area (Å²) >= 11 is 5.94. The van der Waals surface area contributed by atoms with Crippen LogP contribution >= 0.6 is 11.6 Å². The van der Waals surface area contributed by atoms with Crippen LogP contribution in [-0.2, 0) is 13.2 Å². The Morgan fingerprint density at radius 3 is 2.25 bits per heavy atom. The van der Waals surface area contributed by atoms with Gasteiger partial charge in [-0.05, 0) is 78.2 Å². The number of halogens is 1. The van der Waals surface area contributed by atoms with E-state index in [1.807, 2.05) is 67.6 Å². The van der Waals surface area contributed by atoms with Gasteiger partial charge in [-0.2, -0.15) is 5.26 Å². The summed E-state index contributed by atoms with van der Waals surface area (Å²) in [4.78, 5) is 13.0. The van der Waals surface area contributed by atoms with E-state index in [0.29, 0.717) is 59.0 Å². The molecule has 9 heteroatoms. The number of rotatable bonds is 11. The zero-order valence-electron chi connectivity index (χ0n) is 26.0. The number of nitriles is 1. The summed E-state index contributed by atoms with van der Waals surface area (Å²) in [6, 6.07) is 36.7. The maximum absolute atomic E-state index is 13.0. The average Bonchev–Trinajstić information content (AvgIpc) is 3.11. The molecule has 48 heavy (non-hydrogen) atoms. The third-order valence-electron chi connectivity index (χ3n) is 7.65. The highest BCUT2D eigenvalue weighted by Gasteiger charge is 2.32. The highest BCUT2D eigenvalue weighted by Crippen LogP contribution is 2.45. The van der Waals surface area contributed by atoms with Crippen LogP contribution in [0.2, 0.25) is 5.02 Å². The molecule has 0 aliphatic carbocycles. The molecule has 0 bridgehead atoms. The van der Waals surface area contributed by atoms with Crippen LogP contribution in [0.25, 0.3) is 0 Å². The molecule has 0 saturated carbocycles. The summed E-state index contributed by atoms with van der Waals surface area (Å²) in [5, 5.41) is 10.7. The highest BCUT2D eigenvalue weighted by molar-refractivity contribution is 6.30. The molecule has 0 fully saturated rings. The van der Waals surface area contributed by atoms with Crippen molar-refractivity contribution in [3.63, 3.8) is 0 Å². The van der Waals surface area contributed by atoms with Gasteiger partial charge in [-0.3, -0.25) is 0 Å². The quantitative estimate of drug-likeness (QED) is 0.111. The van der Waals surface area contributed by atoms with E-state index in [1.54, 1.807) is 54.6 Å². The molecule has 8 nitrogen and oxygen atoms in total. The Bertz CT molecular complexity index is 1990. The van der Waals surface area contributed by atoms with Crippen LogP contribution in [0, 0.1) is 11.3 Å². The molecule has 2 N–H and O–H groups in total. The van der Waals surface area contributed by atoms with Gasteiger partial charge in [-0.1, -0.05) is 66.2 Å². The predicted molar refractivity (Wildman–Crippen MR) is 181 cm³/mol. The van der Waals surface area contributed by atoms with Crippen LogP contribution in [0.3, 0.4) is 0 Å². The Hall–Kier alpha value is -5.91. The minimum Gasteiger partial charge on any atom is -0.490 e. The zero-order valence-corrected chi connectivity index (χ0v) is 26.8. The van der Waals surface area contributed by atoms with Gasteiger partial charge in [0.2, 0.25) is 5.88 Å². The van der Waals surface area contributed by atoms with Gasteiger partial charge in [-0.15, -0.1) is 0 Å². The van der Waals surface area contributed by atoms with E-state index in [-0.39, 0.29) is 17.2 Å². The number of ether oxygens (including phenoxy) is 5. The Balaban J connectivity index is 1.18. The number of carbonyl (C=O) groups excluding carboxylic acids is 1. The minimum absolute atomic E-state index is 0.0324. The lowest BCUT2D eigenvalue weighted by molar-refractivity contribution is 0.0734. The zero-order chi connectivity index (χ0) is 33.5. The van der Waals surface area contributed by atoms with Crippen LogP contribution < -0.4 is 29.4 Å². The van der Waals surface area contributed by atoms with Crippen molar-refractivity contribution in [2.45, 2.75) is 26.1 Å². The molecule has 0 spiro atoms. The summed E-state index contributed by atoms with van der Waals surface area (Å²) < 4.78 is 29.4. The Morgan fingerprint density at radius 1 is 0.812 bits per heavy atom. The largest absolute Gasteiger partial charge is 0.490 e. The van der Waals surface area contributed by atoms with Gasteiger partial charge in [0.15, 0.2) is 11.5 Å². The second-order valence-electron chi connectivity index (χ2n) is 10.9. The number of fused-ring (bicyclic) bond motifs is 1. The lowest BCUT2D eigenvalue weighted by Crippen LogP contribution is -2.21. The van der Waals surface area contributed by atoms with Crippen molar-refractivity contribution in [3.05, 3.63) is 160 Å². The monoisotopic (exact) mass is 658 g/mol. The summed E-state index contributed by atoms with van der Waals surface area (Å²) in [6.45, 7) is 3.05. The molecule has 1 aliphatic heterocycles. The standard InChI is InChI=1S/C39H31ClN2O6/c1-2-44-36-20-28(12-19-34(36)46-24-25-6-4-3-5-7-25)37-32-18-17-31(21-35(32)48-38(42)33(37)22-41)47-39(43)27-10-15-30(16-11-27)45-23-26-8-13-29(40)14-9-26/h3-21,37H,2,23-24,42H2,1H3. The van der Waals surface area contributed by atoms with Gasteiger partial charge in [0.25, 0.3) is 0 Å². The van der Waals surface area contributed by atoms with Crippen molar-refractivity contribution in [1.82, 2.24) is 0 Å². The number of nitrogens with zero attached hydrogens (tertiary/aromatic N) is 1. The fourth-order valence-electron chi connectivity index (χ4n) is 5.27. The van der Waals surface area contributed by atoms with Crippen molar-refractivity contribution in [3.8, 4) is 34.8 Å². The number of hydrogen-bond acceptors (Lipinski definition) is 8. The molecule has 0 aromatic heterocycles. The highest BCUT2D eigenvalue weighted by atomic mass is 35.5. The van der Waals surface area contributed by atoms with Crippen molar-refractivity contribution in [1.29, 1.82) is 5.26 Å². The van der Waals surface area contributed by atoms with E-state index >= 15 is 0 Å². The molecular weight excluding hydrogens is 628 g/mol. The Labute approximate surface area is 283 Å². The van der Waals surface area contributed by atoms with E-state index in [9.17, 15) is 10.1 Å². The minimum atomic E-state index is -0.555. The van der Waals surface area contributed by atoms with Gasteiger partial charge in [-0.25, -0.2) is 4.79 Å². The number of benzene rings is 5. The van der Waals surface area contributed by atoms with Crippen LogP contribution in [0.5, 0.6) is 28.7 Å². The van der Waals surface area contributed by atoms with Gasteiger partial charge in [0.05, 0.1) is 18.1 Å². The molecule has 0 saturated heterocycles. The van der Waals surface area contributed by atoms with Crippen LogP contribution in [-0.4, -0.2) is 12.6 Å². The molecule has 5 aromatic rings. The number of hydrogen-bond donors (Lipinski definition) is 1. The second kappa shape index (κ2) is 14.7. The van der Waals surface area contributed by atoms with Crippen LogP contribution in [0.4, 0.5) is 0 Å². The van der Waals surface area contributed by atoms with E-state index in [4.69, 9.17) is 41.0 Å². The van der Waals surface area contributed by atoms with Gasteiger partial charge >= 0.3 is 5.97 Å². The first-order chi connectivity index (χ1) is 23.4. The normalized spacial score (nSPS) is 13.5. The maximum Gasteiger partial charge on any atom is 0.343 e. The topological polar surface area (TPSA) is 113 Å². The maximum atomic E-state index is 13.0. The summed E-state index contributed by atoms with van der Waals surface area (Å²) in [5.74, 6) is 1.22. The molecule has 6 rings (SSSR count). The number of nitrogens with two attached hydrogens (primary N) is 1. The fraction of sp³-hybridized carbons (Fsp3) is 0.128. The SMILES string of the molecule is CCOc1cc(C2C(C#N)=C(N)Oc3cc(OC(=O)c4ccc(OCc5ccc(Cl)cc5)cc4)ccc32)ccc1OCc1ccccc1. The Morgan fingerprint density at radius 2 is 1.52 bits per heavy atom. The third kappa shape index (κ3) is 7.38. The third-order valence-corrected chi connectivity index (χ3v) is 7.90. The fourth-order valence-corrected chi connectivity index (χ4v) is 5.40. The van der Waals surface area contributed by atoms with Crippen molar-refractivity contribution < 1.29 is 28.5 Å². The van der Waals surface area contributed by atoms with E-state index in [0.717, 1.165) is 16.7 Å². The molecule has 5 aromatic carbocycles. The Kier molecular flexibility index (Phi) is 9.80. The number of esters is 1. The lowest BCUT2D eigenvalue weighted by Gasteiger charge is -2.27. The first kappa shape index (κ1) is 32.0. The van der Waals surface area contributed by atoms with E-state index in [1.165, 1.54) is 0 Å². The molecule has 240 valence electrons. The molecule has 1 heterocycles. The number of allylic oxidation sites excluding steroid dienone is 1. The first-order valence-electron chi connectivity index (χ1n) is 15.3. The van der Waals surface area contributed by atoms with E-state index < -0.39 is 11.9 Å². The molecule has 1 atom stereocenters. The smallest absolute Gasteiger partial charge is 0.343 e. The van der Waals surface area contributed by atoms with Gasteiger partial charge in [0.1, 0.15) is 42.1 Å². The first-order valence-corrected chi connectivity index (χ1v) is 15.6. The predicted octanol–water partition coefficient (Wildman–Crippen LogP) is 8.33.